The third kappa shape index (κ3) is 4.40. The number of nitrogens with zero attached hydrogens (tertiary/aromatic N) is 2. The summed E-state index contributed by atoms with van der Waals surface area (Å²) >= 11 is 0. The molecular formula is C13H29N3. The Balaban J connectivity index is 2.19. The van der Waals surface area contributed by atoms with E-state index in [-0.39, 0.29) is 0 Å². The summed E-state index contributed by atoms with van der Waals surface area (Å²) in [7, 11) is 0. The summed E-state index contributed by atoms with van der Waals surface area (Å²) in [6.07, 6.45) is 1.27. The molecule has 0 amide bonds. The Bertz CT molecular complexity index is 174. The molecule has 1 saturated heterocycles. The molecule has 1 aliphatic heterocycles. The van der Waals surface area contributed by atoms with E-state index in [1.807, 2.05) is 0 Å². The van der Waals surface area contributed by atoms with Gasteiger partial charge >= 0.3 is 0 Å². The molecule has 0 saturated carbocycles. The van der Waals surface area contributed by atoms with Crippen molar-refractivity contribution >= 4 is 0 Å². The molecule has 0 aromatic heterocycles. The molecule has 0 bridgehead atoms. The number of hydrogen-bond donors (Lipinski definition) is 1. The molecule has 3 nitrogen and oxygen atoms in total. The summed E-state index contributed by atoms with van der Waals surface area (Å²) < 4.78 is 0. The number of rotatable bonds is 6. The highest BCUT2D eigenvalue weighted by molar-refractivity contribution is 4.78. The molecule has 16 heavy (non-hydrogen) atoms. The molecule has 1 rings (SSSR count). The van der Waals surface area contributed by atoms with Crippen LogP contribution in [0.4, 0.5) is 0 Å². The van der Waals surface area contributed by atoms with Crippen LogP contribution in [0.3, 0.4) is 0 Å². The van der Waals surface area contributed by atoms with Crippen molar-refractivity contribution in [3.8, 4) is 0 Å². The predicted molar refractivity (Wildman–Crippen MR) is 70.9 cm³/mol. The zero-order valence-corrected chi connectivity index (χ0v) is 11.5. The molecule has 1 N–H and O–H groups in total. The van der Waals surface area contributed by atoms with E-state index in [4.69, 9.17) is 0 Å². The van der Waals surface area contributed by atoms with Crippen LogP contribution in [0.2, 0.25) is 0 Å². The topological polar surface area (TPSA) is 18.5 Å². The Morgan fingerprint density at radius 3 is 2.06 bits per heavy atom. The smallest absolute Gasteiger partial charge is 0.0113 e. The lowest BCUT2D eigenvalue weighted by Gasteiger charge is -2.39. The summed E-state index contributed by atoms with van der Waals surface area (Å²) in [6.45, 7) is 16.3. The molecule has 1 atom stereocenters. The van der Waals surface area contributed by atoms with Crippen LogP contribution in [-0.2, 0) is 0 Å². The van der Waals surface area contributed by atoms with Gasteiger partial charge in [-0.15, -0.1) is 0 Å². The highest BCUT2D eigenvalue weighted by Gasteiger charge is 2.21. The fourth-order valence-corrected chi connectivity index (χ4v) is 2.36. The van der Waals surface area contributed by atoms with Crippen molar-refractivity contribution in [2.75, 3.05) is 39.3 Å². The van der Waals surface area contributed by atoms with Crippen LogP contribution in [0.25, 0.3) is 0 Å². The van der Waals surface area contributed by atoms with Crippen LogP contribution in [0.1, 0.15) is 34.1 Å². The van der Waals surface area contributed by atoms with Crippen molar-refractivity contribution in [2.45, 2.75) is 46.2 Å². The van der Waals surface area contributed by atoms with Gasteiger partial charge in [0.25, 0.3) is 0 Å². The average molecular weight is 227 g/mol. The molecule has 96 valence electrons. The molecule has 0 spiro atoms. The molecule has 1 aliphatic rings. The quantitative estimate of drug-likeness (QED) is 0.692. The maximum absolute atomic E-state index is 3.41. The monoisotopic (exact) mass is 227 g/mol. The largest absolute Gasteiger partial charge is 0.317 e. The van der Waals surface area contributed by atoms with Crippen LogP contribution >= 0.6 is 0 Å². The van der Waals surface area contributed by atoms with Gasteiger partial charge in [0.2, 0.25) is 0 Å². The molecule has 0 radical (unpaired) electrons. The lowest BCUT2D eigenvalue weighted by atomic mass is 10.1. The van der Waals surface area contributed by atoms with E-state index in [1.54, 1.807) is 0 Å². The van der Waals surface area contributed by atoms with E-state index >= 15 is 0 Å². The average Bonchev–Trinajstić information content (AvgIpc) is 2.29. The highest BCUT2D eigenvalue weighted by Crippen LogP contribution is 2.10. The Hall–Kier alpha value is -0.120. The maximum Gasteiger partial charge on any atom is 0.0113 e. The van der Waals surface area contributed by atoms with Gasteiger partial charge in [-0.05, 0) is 40.3 Å². The minimum Gasteiger partial charge on any atom is -0.317 e. The van der Waals surface area contributed by atoms with Gasteiger partial charge < -0.3 is 5.32 Å². The lowest BCUT2D eigenvalue weighted by molar-refractivity contribution is 0.0808. The zero-order valence-electron chi connectivity index (χ0n) is 11.5. The third-order valence-electron chi connectivity index (χ3n) is 3.69. The second-order valence-electron chi connectivity index (χ2n) is 5.16. The second-order valence-corrected chi connectivity index (χ2v) is 5.16. The fraction of sp³-hybridized carbons (Fsp3) is 1.00. The molecule has 0 aliphatic carbocycles. The molecule has 0 aromatic carbocycles. The Labute approximate surface area is 101 Å². The minimum atomic E-state index is 0.708. The van der Waals surface area contributed by atoms with Crippen molar-refractivity contribution in [2.24, 2.45) is 0 Å². The van der Waals surface area contributed by atoms with E-state index in [0.717, 1.165) is 19.1 Å². The van der Waals surface area contributed by atoms with Gasteiger partial charge in [0.05, 0.1) is 0 Å². The van der Waals surface area contributed by atoms with Gasteiger partial charge in [-0.2, -0.15) is 0 Å². The third-order valence-corrected chi connectivity index (χ3v) is 3.69. The molecule has 3 heteroatoms. The first-order valence-electron chi connectivity index (χ1n) is 6.84. The van der Waals surface area contributed by atoms with Crippen LogP contribution < -0.4 is 5.32 Å². The normalized spacial score (nSPS) is 21.6. The predicted octanol–water partition coefficient (Wildman–Crippen LogP) is 1.40. The van der Waals surface area contributed by atoms with Gasteiger partial charge in [0, 0.05) is 38.3 Å². The van der Waals surface area contributed by atoms with Crippen molar-refractivity contribution in [3.05, 3.63) is 0 Å². The molecule has 1 heterocycles. The Morgan fingerprint density at radius 2 is 1.56 bits per heavy atom. The van der Waals surface area contributed by atoms with E-state index < -0.39 is 0 Å². The Morgan fingerprint density at radius 1 is 1.00 bits per heavy atom. The number of piperazine rings is 1. The minimum absolute atomic E-state index is 0.708. The molecule has 1 fully saturated rings. The SMILES string of the molecule is CCNCCC(C)N1CCN(C(C)C)CC1. The van der Waals surface area contributed by atoms with Gasteiger partial charge in [-0.3, -0.25) is 9.80 Å². The lowest BCUT2D eigenvalue weighted by Crippen LogP contribution is -2.51. The number of hydrogen-bond acceptors (Lipinski definition) is 3. The summed E-state index contributed by atoms with van der Waals surface area (Å²) in [5.41, 5.74) is 0. The van der Waals surface area contributed by atoms with Crippen molar-refractivity contribution in [1.82, 2.24) is 15.1 Å². The van der Waals surface area contributed by atoms with E-state index in [1.165, 1.54) is 32.6 Å². The van der Waals surface area contributed by atoms with E-state index in [2.05, 4.69) is 42.8 Å². The standard InChI is InChI=1S/C13H29N3/c1-5-14-7-6-13(4)16-10-8-15(9-11-16)12(2)3/h12-14H,5-11H2,1-4H3. The van der Waals surface area contributed by atoms with Crippen LogP contribution in [0, 0.1) is 0 Å². The summed E-state index contributed by atoms with van der Waals surface area (Å²) in [5, 5.41) is 3.41. The summed E-state index contributed by atoms with van der Waals surface area (Å²) in [6, 6.07) is 1.44. The first-order valence-corrected chi connectivity index (χ1v) is 6.84. The summed E-state index contributed by atoms with van der Waals surface area (Å²) in [4.78, 5) is 5.21. The zero-order chi connectivity index (χ0) is 12.0. The molecule has 0 aromatic rings. The van der Waals surface area contributed by atoms with Crippen molar-refractivity contribution in [3.63, 3.8) is 0 Å². The van der Waals surface area contributed by atoms with Gasteiger partial charge in [-0.25, -0.2) is 0 Å². The number of nitrogens with one attached hydrogen (secondary N) is 1. The van der Waals surface area contributed by atoms with Crippen LogP contribution in [0.15, 0.2) is 0 Å². The van der Waals surface area contributed by atoms with E-state index in [0.29, 0.717) is 6.04 Å². The fourth-order valence-electron chi connectivity index (χ4n) is 2.36. The van der Waals surface area contributed by atoms with Crippen LogP contribution in [0.5, 0.6) is 0 Å². The van der Waals surface area contributed by atoms with Crippen molar-refractivity contribution < 1.29 is 0 Å². The van der Waals surface area contributed by atoms with Gasteiger partial charge in [0.15, 0.2) is 0 Å². The highest BCUT2D eigenvalue weighted by atomic mass is 15.3. The summed E-state index contributed by atoms with van der Waals surface area (Å²) in [5.74, 6) is 0. The first kappa shape index (κ1) is 13.9. The first-order chi connectivity index (χ1) is 7.65. The van der Waals surface area contributed by atoms with Gasteiger partial charge in [0.1, 0.15) is 0 Å². The van der Waals surface area contributed by atoms with Gasteiger partial charge in [-0.1, -0.05) is 6.92 Å². The molecular weight excluding hydrogens is 198 g/mol. The second kappa shape index (κ2) is 7.25. The van der Waals surface area contributed by atoms with E-state index in [9.17, 15) is 0 Å². The maximum atomic E-state index is 3.41. The van der Waals surface area contributed by atoms with Crippen LogP contribution in [-0.4, -0.2) is 61.2 Å². The molecule has 1 unspecified atom stereocenters. The Kier molecular flexibility index (Phi) is 6.32. The van der Waals surface area contributed by atoms with Crippen molar-refractivity contribution in [1.29, 1.82) is 0 Å².